The van der Waals surface area contributed by atoms with Crippen LogP contribution in [0.5, 0.6) is 0 Å². The lowest BCUT2D eigenvalue weighted by molar-refractivity contribution is -0.00461. The van der Waals surface area contributed by atoms with Gasteiger partial charge in [0, 0.05) is 32.2 Å². The largest absolute Gasteiger partial charge is 0.377 e. The van der Waals surface area contributed by atoms with E-state index in [1.54, 1.807) is 25.6 Å². The third kappa shape index (κ3) is 2.37. The molecule has 3 heterocycles. The number of rotatable bonds is 3. The summed E-state index contributed by atoms with van der Waals surface area (Å²) in [5.74, 6) is 0.867. The number of anilines is 1. The van der Waals surface area contributed by atoms with E-state index in [2.05, 4.69) is 27.9 Å². The predicted octanol–water partition coefficient (Wildman–Crippen LogP) is 2.50. The highest BCUT2D eigenvalue weighted by Crippen LogP contribution is 2.33. The van der Waals surface area contributed by atoms with Crippen LogP contribution >= 0.6 is 22.9 Å². The maximum absolute atomic E-state index is 6.05. The van der Waals surface area contributed by atoms with Crippen LogP contribution in [0.25, 0.3) is 10.2 Å². The molecular formula is C13H16ClN3O2S. The second-order valence-corrected chi connectivity index (χ2v) is 6.42. The van der Waals surface area contributed by atoms with Crippen LogP contribution in [-0.4, -0.2) is 49.5 Å². The predicted molar refractivity (Wildman–Crippen MR) is 81.0 cm³/mol. The maximum atomic E-state index is 6.05. The van der Waals surface area contributed by atoms with Crippen molar-refractivity contribution in [2.24, 2.45) is 0 Å². The monoisotopic (exact) mass is 313 g/mol. The highest BCUT2D eigenvalue weighted by Gasteiger charge is 2.34. The van der Waals surface area contributed by atoms with E-state index in [9.17, 15) is 0 Å². The molecule has 5 nitrogen and oxygen atoms in total. The van der Waals surface area contributed by atoms with Gasteiger partial charge in [-0.1, -0.05) is 0 Å². The van der Waals surface area contributed by atoms with Crippen LogP contribution < -0.4 is 4.90 Å². The Morgan fingerprint density at radius 2 is 1.90 bits per heavy atom. The molecule has 0 radical (unpaired) electrons. The van der Waals surface area contributed by atoms with Gasteiger partial charge in [0.15, 0.2) is 0 Å². The van der Waals surface area contributed by atoms with Gasteiger partial charge in [-0.15, -0.1) is 11.3 Å². The van der Waals surface area contributed by atoms with Crippen LogP contribution in [-0.2, 0) is 9.47 Å². The molecule has 2 aromatic rings. The van der Waals surface area contributed by atoms with Gasteiger partial charge in [0.2, 0.25) is 5.28 Å². The number of hydrogen-bond acceptors (Lipinski definition) is 6. The van der Waals surface area contributed by atoms with Crippen molar-refractivity contribution in [3.8, 4) is 0 Å². The third-order valence-electron chi connectivity index (χ3n) is 3.59. The van der Waals surface area contributed by atoms with Crippen LogP contribution in [0.2, 0.25) is 5.28 Å². The van der Waals surface area contributed by atoms with E-state index >= 15 is 0 Å². The smallest absolute Gasteiger partial charge is 0.225 e. The van der Waals surface area contributed by atoms with Crippen LogP contribution in [0.4, 0.5) is 5.82 Å². The van der Waals surface area contributed by atoms with Crippen LogP contribution in [0, 0.1) is 6.92 Å². The van der Waals surface area contributed by atoms with Crippen molar-refractivity contribution in [1.82, 2.24) is 9.97 Å². The van der Waals surface area contributed by atoms with Gasteiger partial charge in [-0.2, -0.15) is 4.98 Å². The highest BCUT2D eigenvalue weighted by atomic mass is 35.5. The molecule has 0 spiro atoms. The highest BCUT2D eigenvalue weighted by molar-refractivity contribution is 7.18. The zero-order chi connectivity index (χ0) is 14.3. The molecule has 2 unspecified atom stereocenters. The number of methoxy groups -OCH3 is 2. The molecule has 7 heteroatoms. The fourth-order valence-electron chi connectivity index (χ4n) is 2.61. The summed E-state index contributed by atoms with van der Waals surface area (Å²) >= 11 is 7.67. The molecule has 1 aliphatic heterocycles. The lowest BCUT2D eigenvalue weighted by atomic mass is 10.3. The van der Waals surface area contributed by atoms with Gasteiger partial charge in [0.1, 0.15) is 22.9 Å². The summed E-state index contributed by atoms with van der Waals surface area (Å²) in [7, 11) is 3.41. The van der Waals surface area contributed by atoms with Gasteiger partial charge in [-0.05, 0) is 24.6 Å². The van der Waals surface area contributed by atoms with Crippen LogP contribution in [0.1, 0.15) is 4.88 Å². The van der Waals surface area contributed by atoms with Crippen molar-refractivity contribution >= 4 is 39.0 Å². The minimum absolute atomic E-state index is 0.0449. The number of thiophene rings is 1. The Balaban J connectivity index is 2.02. The molecule has 1 fully saturated rings. The van der Waals surface area contributed by atoms with E-state index in [0.29, 0.717) is 0 Å². The van der Waals surface area contributed by atoms with Crippen molar-refractivity contribution in [3.05, 3.63) is 16.2 Å². The first-order valence-corrected chi connectivity index (χ1v) is 7.56. The molecule has 1 aliphatic rings. The van der Waals surface area contributed by atoms with Gasteiger partial charge >= 0.3 is 0 Å². The standard InChI is InChI=1S/C13H16ClN3O2S/c1-7-4-8-11(15-13(14)16-12(8)20-7)17-5-9(18-2)10(6-17)19-3/h4,9-10H,5-6H2,1-3H3. The number of fused-ring (bicyclic) bond motifs is 1. The minimum Gasteiger partial charge on any atom is -0.377 e. The lowest BCUT2D eigenvalue weighted by Gasteiger charge is -2.17. The second kappa shape index (κ2) is 5.44. The van der Waals surface area contributed by atoms with Crippen LogP contribution in [0.3, 0.4) is 0 Å². The first-order chi connectivity index (χ1) is 9.62. The Labute approximate surface area is 126 Å². The van der Waals surface area contributed by atoms with E-state index in [-0.39, 0.29) is 17.5 Å². The van der Waals surface area contributed by atoms with E-state index in [1.807, 2.05) is 0 Å². The Morgan fingerprint density at radius 3 is 2.50 bits per heavy atom. The SMILES string of the molecule is COC1CN(c2nc(Cl)nc3sc(C)cc23)CC1OC. The fraction of sp³-hybridized carbons (Fsp3) is 0.538. The van der Waals surface area contributed by atoms with Gasteiger partial charge in [0.25, 0.3) is 0 Å². The van der Waals surface area contributed by atoms with Gasteiger partial charge < -0.3 is 14.4 Å². The summed E-state index contributed by atoms with van der Waals surface area (Å²) in [4.78, 5) is 13.0. The summed E-state index contributed by atoms with van der Waals surface area (Å²) in [5, 5.41) is 1.33. The quantitative estimate of drug-likeness (QED) is 0.815. The normalized spacial score (nSPS) is 22.9. The van der Waals surface area contributed by atoms with Crippen molar-refractivity contribution in [1.29, 1.82) is 0 Å². The average molecular weight is 314 g/mol. The molecule has 0 N–H and O–H groups in total. The molecular weight excluding hydrogens is 298 g/mol. The number of ether oxygens (including phenoxy) is 2. The molecule has 3 rings (SSSR count). The lowest BCUT2D eigenvalue weighted by Crippen LogP contribution is -2.27. The maximum Gasteiger partial charge on any atom is 0.225 e. The number of aryl methyl sites for hydroxylation is 1. The Kier molecular flexibility index (Phi) is 3.81. The van der Waals surface area contributed by atoms with E-state index in [4.69, 9.17) is 21.1 Å². The van der Waals surface area contributed by atoms with Crippen molar-refractivity contribution in [2.75, 3.05) is 32.2 Å². The minimum atomic E-state index is 0.0449. The molecule has 0 amide bonds. The summed E-state index contributed by atoms with van der Waals surface area (Å²) in [6, 6.07) is 2.10. The number of halogens is 1. The van der Waals surface area contributed by atoms with E-state index < -0.39 is 0 Å². The Bertz CT molecular complexity index is 621. The average Bonchev–Trinajstić information content (AvgIpc) is 2.99. The molecule has 0 aromatic carbocycles. The Morgan fingerprint density at radius 1 is 1.25 bits per heavy atom. The zero-order valence-corrected chi connectivity index (χ0v) is 13.2. The molecule has 2 atom stereocenters. The van der Waals surface area contributed by atoms with Gasteiger partial charge in [-0.25, -0.2) is 4.98 Å². The van der Waals surface area contributed by atoms with Crippen LogP contribution in [0.15, 0.2) is 6.07 Å². The summed E-state index contributed by atoms with van der Waals surface area (Å²) in [5.41, 5.74) is 0. The summed E-state index contributed by atoms with van der Waals surface area (Å²) in [6.07, 6.45) is 0.0899. The molecule has 108 valence electrons. The molecule has 0 aliphatic carbocycles. The Hall–Kier alpha value is -0.950. The number of hydrogen-bond donors (Lipinski definition) is 0. The fourth-order valence-corrected chi connectivity index (χ4v) is 3.70. The van der Waals surface area contributed by atoms with E-state index in [1.165, 1.54) is 4.88 Å². The summed E-state index contributed by atoms with van der Waals surface area (Å²) in [6.45, 7) is 3.54. The molecule has 2 aromatic heterocycles. The van der Waals surface area contributed by atoms with E-state index in [0.717, 1.165) is 29.1 Å². The zero-order valence-electron chi connectivity index (χ0n) is 11.6. The molecule has 0 bridgehead atoms. The molecule has 20 heavy (non-hydrogen) atoms. The van der Waals surface area contributed by atoms with Gasteiger partial charge in [0.05, 0.1) is 5.39 Å². The second-order valence-electron chi connectivity index (χ2n) is 4.85. The van der Waals surface area contributed by atoms with Crippen molar-refractivity contribution in [2.45, 2.75) is 19.1 Å². The molecule has 0 saturated carbocycles. The van der Waals surface area contributed by atoms with Crippen molar-refractivity contribution < 1.29 is 9.47 Å². The molecule has 1 saturated heterocycles. The number of nitrogens with zero attached hydrogens (tertiary/aromatic N) is 3. The number of aromatic nitrogens is 2. The first kappa shape index (κ1) is 14.0. The first-order valence-electron chi connectivity index (χ1n) is 6.36. The topological polar surface area (TPSA) is 47.5 Å². The van der Waals surface area contributed by atoms with Crippen molar-refractivity contribution in [3.63, 3.8) is 0 Å². The summed E-state index contributed by atoms with van der Waals surface area (Å²) < 4.78 is 10.9. The third-order valence-corrected chi connectivity index (χ3v) is 4.70. The van der Waals surface area contributed by atoms with Gasteiger partial charge in [-0.3, -0.25) is 0 Å².